The molecule has 6 heteroatoms. The number of nitrogens with one attached hydrogen (secondary N) is 1. The summed E-state index contributed by atoms with van der Waals surface area (Å²) in [7, 11) is 6.60. The topological polar surface area (TPSA) is 49.0 Å². The summed E-state index contributed by atoms with van der Waals surface area (Å²) in [4.78, 5) is 0. The highest BCUT2D eigenvalue weighted by Crippen LogP contribution is 2.28. The SMILES string of the molecule is COc1ccc(CCNCCc2ccc(OC)c(OC)c2)cc1OC.Cl. The van der Waals surface area contributed by atoms with Crippen LogP contribution in [0.5, 0.6) is 23.0 Å². The van der Waals surface area contributed by atoms with Crippen molar-refractivity contribution < 1.29 is 18.9 Å². The number of benzene rings is 2. The maximum absolute atomic E-state index is 5.34. The Labute approximate surface area is 162 Å². The molecule has 0 atom stereocenters. The summed E-state index contributed by atoms with van der Waals surface area (Å²) >= 11 is 0. The van der Waals surface area contributed by atoms with E-state index in [1.165, 1.54) is 11.1 Å². The van der Waals surface area contributed by atoms with E-state index >= 15 is 0 Å². The van der Waals surface area contributed by atoms with Crippen LogP contribution in [0.25, 0.3) is 0 Å². The Morgan fingerprint density at radius 2 is 1.00 bits per heavy atom. The fraction of sp³-hybridized carbons (Fsp3) is 0.400. The largest absolute Gasteiger partial charge is 0.493 e. The molecule has 2 aromatic rings. The van der Waals surface area contributed by atoms with Gasteiger partial charge in [0.05, 0.1) is 28.4 Å². The first-order valence-electron chi connectivity index (χ1n) is 8.34. The zero-order chi connectivity index (χ0) is 18.1. The minimum absolute atomic E-state index is 0. The number of hydrogen-bond donors (Lipinski definition) is 1. The van der Waals surface area contributed by atoms with Gasteiger partial charge in [0.25, 0.3) is 0 Å². The Morgan fingerprint density at radius 1 is 0.615 bits per heavy atom. The van der Waals surface area contributed by atoms with Gasteiger partial charge < -0.3 is 24.3 Å². The molecule has 0 aromatic heterocycles. The van der Waals surface area contributed by atoms with Gasteiger partial charge in [0.2, 0.25) is 0 Å². The van der Waals surface area contributed by atoms with E-state index in [0.717, 1.165) is 48.9 Å². The summed E-state index contributed by atoms with van der Waals surface area (Å²) in [6.45, 7) is 1.81. The minimum atomic E-state index is 0. The van der Waals surface area contributed by atoms with Crippen LogP contribution in [0.1, 0.15) is 11.1 Å². The predicted octanol–water partition coefficient (Wildman–Crippen LogP) is 3.52. The Bertz CT molecular complexity index is 621. The molecule has 1 N–H and O–H groups in total. The van der Waals surface area contributed by atoms with Crippen LogP contribution in [-0.4, -0.2) is 41.5 Å². The Balaban J connectivity index is 0.00000338. The summed E-state index contributed by atoms with van der Waals surface area (Å²) in [5, 5.41) is 3.47. The van der Waals surface area contributed by atoms with Crippen molar-refractivity contribution in [1.82, 2.24) is 5.32 Å². The van der Waals surface area contributed by atoms with Crippen LogP contribution in [0.2, 0.25) is 0 Å². The van der Waals surface area contributed by atoms with Crippen molar-refractivity contribution in [2.24, 2.45) is 0 Å². The summed E-state index contributed by atoms with van der Waals surface area (Å²) in [6, 6.07) is 12.1. The zero-order valence-electron chi connectivity index (χ0n) is 15.8. The smallest absolute Gasteiger partial charge is 0.160 e. The van der Waals surface area contributed by atoms with Crippen molar-refractivity contribution >= 4 is 12.4 Å². The molecule has 0 bridgehead atoms. The number of ether oxygens (including phenoxy) is 4. The lowest BCUT2D eigenvalue weighted by Crippen LogP contribution is -2.20. The molecule has 0 heterocycles. The van der Waals surface area contributed by atoms with Gasteiger partial charge in [0.1, 0.15) is 0 Å². The third kappa shape index (κ3) is 6.00. The molecule has 5 nitrogen and oxygen atoms in total. The quantitative estimate of drug-likeness (QED) is 0.638. The van der Waals surface area contributed by atoms with Gasteiger partial charge in [-0.2, -0.15) is 0 Å². The molecule has 0 aliphatic rings. The molecule has 2 rings (SSSR count). The first-order chi connectivity index (χ1) is 12.2. The summed E-state index contributed by atoms with van der Waals surface area (Å²) in [5.74, 6) is 3.05. The second-order valence-corrected chi connectivity index (χ2v) is 5.63. The molecule has 0 unspecified atom stereocenters. The van der Waals surface area contributed by atoms with E-state index in [4.69, 9.17) is 18.9 Å². The van der Waals surface area contributed by atoms with Gasteiger partial charge in [-0.15, -0.1) is 12.4 Å². The third-order valence-corrected chi connectivity index (χ3v) is 4.08. The minimum Gasteiger partial charge on any atom is -0.493 e. The molecular formula is C20H28ClNO4. The average molecular weight is 382 g/mol. The molecule has 144 valence electrons. The van der Waals surface area contributed by atoms with E-state index in [1.807, 2.05) is 24.3 Å². The zero-order valence-corrected chi connectivity index (χ0v) is 16.7. The van der Waals surface area contributed by atoms with Crippen molar-refractivity contribution in [2.45, 2.75) is 12.8 Å². The van der Waals surface area contributed by atoms with Crippen LogP contribution in [0, 0.1) is 0 Å². The standard InChI is InChI=1S/C20H27NO4.ClH/c1-22-17-7-5-15(13-19(17)24-3)9-11-21-12-10-16-6-8-18(23-2)20(14-16)25-4;/h5-8,13-14,21H,9-12H2,1-4H3;1H. The molecule has 0 spiro atoms. The number of rotatable bonds is 10. The van der Waals surface area contributed by atoms with Gasteiger partial charge >= 0.3 is 0 Å². The van der Waals surface area contributed by atoms with E-state index in [-0.39, 0.29) is 12.4 Å². The highest BCUT2D eigenvalue weighted by Gasteiger charge is 2.05. The van der Waals surface area contributed by atoms with Crippen LogP contribution in [0.3, 0.4) is 0 Å². The fourth-order valence-corrected chi connectivity index (χ4v) is 2.66. The fourth-order valence-electron chi connectivity index (χ4n) is 2.66. The molecule has 0 radical (unpaired) electrons. The van der Waals surface area contributed by atoms with Crippen LogP contribution < -0.4 is 24.3 Å². The molecule has 0 saturated carbocycles. The van der Waals surface area contributed by atoms with Gasteiger partial charge in [-0.1, -0.05) is 12.1 Å². The number of hydrogen-bond acceptors (Lipinski definition) is 5. The van der Waals surface area contributed by atoms with E-state index in [9.17, 15) is 0 Å². The van der Waals surface area contributed by atoms with Gasteiger partial charge in [-0.3, -0.25) is 0 Å². The van der Waals surface area contributed by atoms with Crippen LogP contribution in [-0.2, 0) is 12.8 Å². The Morgan fingerprint density at radius 3 is 1.35 bits per heavy atom. The summed E-state index contributed by atoms with van der Waals surface area (Å²) < 4.78 is 21.2. The molecule has 26 heavy (non-hydrogen) atoms. The number of methoxy groups -OCH3 is 4. The van der Waals surface area contributed by atoms with Gasteiger partial charge in [0.15, 0.2) is 23.0 Å². The van der Waals surface area contributed by atoms with Crippen molar-refractivity contribution in [3.8, 4) is 23.0 Å². The second-order valence-electron chi connectivity index (χ2n) is 5.63. The van der Waals surface area contributed by atoms with Crippen LogP contribution >= 0.6 is 12.4 Å². The third-order valence-electron chi connectivity index (χ3n) is 4.08. The molecule has 0 saturated heterocycles. The van der Waals surface area contributed by atoms with E-state index < -0.39 is 0 Å². The van der Waals surface area contributed by atoms with Crippen molar-refractivity contribution in [2.75, 3.05) is 41.5 Å². The normalized spacial score (nSPS) is 10.0. The molecule has 2 aromatic carbocycles. The highest BCUT2D eigenvalue weighted by atomic mass is 35.5. The first kappa shape index (κ1) is 21.9. The highest BCUT2D eigenvalue weighted by molar-refractivity contribution is 5.85. The maximum Gasteiger partial charge on any atom is 0.160 e. The maximum atomic E-state index is 5.34. The molecule has 0 aliphatic carbocycles. The first-order valence-corrected chi connectivity index (χ1v) is 8.34. The van der Waals surface area contributed by atoms with Crippen LogP contribution in [0.4, 0.5) is 0 Å². The monoisotopic (exact) mass is 381 g/mol. The second kappa shape index (κ2) is 11.5. The Hall–Kier alpha value is -2.11. The van der Waals surface area contributed by atoms with E-state index in [2.05, 4.69) is 17.4 Å². The van der Waals surface area contributed by atoms with Crippen LogP contribution in [0.15, 0.2) is 36.4 Å². The van der Waals surface area contributed by atoms with Gasteiger partial charge in [0, 0.05) is 0 Å². The summed E-state index contributed by atoms with van der Waals surface area (Å²) in [6.07, 6.45) is 1.87. The number of halogens is 1. The van der Waals surface area contributed by atoms with Crippen molar-refractivity contribution in [3.63, 3.8) is 0 Å². The molecule has 0 fully saturated rings. The average Bonchev–Trinajstić information content (AvgIpc) is 2.67. The van der Waals surface area contributed by atoms with E-state index in [1.54, 1.807) is 28.4 Å². The molecule has 0 amide bonds. The lowest BCUT2D eigenvalue weighted by molar-refractivity contribution is 0.354. The van der Waals surface area contributed by atoms with Crippen molar-refractivity contribution in [1.29, 1.82) is 0 Å². The molecular weight excluding hydrogens is 354 g/mol. The summed E-state index contributed by atoms with van der Waals surface area (Å²) in [5.41, 5.74) is 2.44. The van der Waals surface area contributed by atoms with Crippen molar-refractivity contribution in [3.05, 3.63) is 47.5 Å². The molecule has 0 aliphatic heterocycles. The Kier molecular flexibility index (Phi) is 9.70. The van der Waals surface area contributed by atoms with Gasteiger partial charge in [-0.05, 0) is 61.3 Å². The van der Waals surface area contributed by atoms with E-state index in [0.29, 0.717) is 0 Å². The predicted molar refractivity (Wildman–Crippen MR) is 107 cm³/mol. The lowest BCUT2D eigenvalue weighted by atomic mass is 10.1. The van der Waals surface area contributed by atoms with Gasteiger partial charge in [-0.25, -0.2) is 0 Å². The lowest BCUT2D eigenvalue weighted by Gasteiger charge is -2.11.